The standard InChI is InChI=1S/C14H21NO3/c1-5-17-11-8-6-7-9-12(11)18-10-13(16)15-14(2,3)4/h6-9H,5,10H2,1-4H3,(H,15,16). The molecule has 0 heterocycles. The number of nitrogens with one attached hydrogen (secondary N) is 1. The van der Waals surface area contributed by atoms with Crippen LogP contribution in [0.25, 0.3) is 0 Å². The van der Waals surface area contributed by atoms with E-state index in [0.717, 1.165) is 0 Å². The normalized spacial score (nSPS) is 10.9. The highest BCUT2D eigenvalue weighted by atomic mass is 16.5. The molecule has 4 nitrogen and oxygen atoms in total. The smallest absolute Gasteiger partial charge is 0.258 e. The molecule has 1 rings (SSSR count). The zero-order valence-electron chi connectivity index (χ0n) is 11.4. The second kappa shape index (κ2) is 6.28. The van der Waals surface area contributed by atoms with Crippen molar-refractivity contribution in [3.63, 3.8) is 0 Å². The lowest BCUT2D eigenvalue weighted by atomic mass is 10.1. The molecule has 1 aromatic carbocycles. The lowest BCUT2D eigenvalue weighted by Gasteiger charge is -2.20. The molecule has 1 aromatic rings. The summed E-state index contributed by atoms with van der Waals surface area (Å²) in [5.74, 6) is 1.10. The third-order valence-electron chi connectivity index (χ3n) is 2.02. The van der Waals surface area contributed by atoms with Gasteiger partial charge in [-0.05, 0) is 39.8 Å². The Hall–Kier alpha value is -1.71. The van der Waals surface area contributed by atoms with Crippen molar-refractivity contribution in [3.8, 4) is 11.5 Å². The van der Waals surface area contributed by atoms with E-state index < -0.39 is 0 Å². The third-order valence-corrected chi connectivity index (χ3v) is 2.02. The number of para-hydroxylation sites is 2. The summed E-state index contributed by atoms with van der Waals surface area (Å²) in [5.41, 5.74) is -0.250. The van der Waals surface area contributed by atoms with Gasteiger partial charge in [0, 0.05) is 5.54 Å². The average molecular weight is 251 g/mol. The van der Waals surface area contributed by atoms with Crippen molar-refractivity contribution in [2.45, 2.75) is 33.2 Å². The zero-order valence-corrected chi connectivity index (χ0v) is 11.4. The summed E-state index contributed by atoms with van der Waals surface area (Å²) in [6.45, 7) is 8.25. The van der Waals surface area contributed by atoms with Crippen LogP contribution in [0.5, 0.6) is 11.5 Å². The monoisotopic (exact) mass is 251 g/mol. The number of ether oxygens (including phenoxy) is 2. The van der Waals surface area contributed by atoms with E-state index in [1.54, 1.807) is 6.07 Å². The van der Waals surface area contributed by atoms with Gasteiger partial charge in [-0.1, -0.05) is 12.1 Å². The molecule has 0 saturated carbocycles. The summed E-state index contributed by atoms with van der Waals surface area (Å²) in [6, 6.07) is 7.32. The lowest BCUT2D eigenvalue weighted by molar-refractivity contribution is -0.124. The molecule has 100 valence electrons. The number of carbonyl (C=O) groups excluding carboxylic acids is 1. The zero-order chi connectivity index (χ0) is 13.6. The lowest BCUT2D eigenvalue weighted by Crippen LogP contribution is -2.43. The maximum Gasteiger partial charge on any atom is 0.258 e. The first-order valence-electron chi connectivity index (χ1n) is 6.08. The third kappa shape index (κ3) is 5.08. The van der Waals surface area contributed by atoms with Crippen LogP contribution in [0.4, 0.5) is 0 Å². The predicted molar refractivity (Wildman–Crippen MR) is 71.0 cm³/mol. The van der Waals surface area contributed by atoms with Crippen LogP contribution in [0.1, 0.15) is 27.7 Å². The first-order chi connectivity index (χ1) is 8.42. The van der Waals surface area contributed by atoms with E-state index in [1.165, 1.54) is 0 Å². The largest absolute Gasteiger partial charge is 0.490 e. The molecule has 0 bridgehead atoms. The van der Waals surface area contributed by atoms with E-state index in [1.807, 2.05) is 45.9 Å². The molecule has 1 amide bonds. The minimum absolute atomic E-state index is 0.0125. The Morgan fingerprint density at radius 2 is 1.72 bits per heavy atom. The number of amides is 1. The molecular weight excluding hydrogens is 230 g/mol. The van der Waals surface area contributed by atoms with Crippen molar-refractivity contribution in [1.29, 1.82) is 0 Å². The molecule has 4 heteroatoms. The van der Waals surface area contributed by atoms with Gasteiger partial charge in [0.25, 0.3) is 5.91 Å². The second-order valence-corrected chi connectivity index (χ2v) is 4.97. The van der Waals surface area contributed by atoms with Crippen molar-refractivity contribution in [3.05, 3.63) is 24.3 Å². The Labute approximate surface area is 108 Å². The van der Waals surface area contributed by atoms with Gasteiger partial charge in [0.05, 0.1) is 6.61 Å². The molecule has 0 aliphatic carbocycles. The van der Waals surface area contributed by atoms with Gasteiger partial charge in [-0.25, -0.2) is 0 Å². The van der Waals surface area contributed by atoms with Gasteiger partial charge in [-0.3, -0.25) is 4.79 Å². The molecule has 0 radical (unpaired) electrons. The van der Waals surface area contributed by atoms with Gasteiger partial charge in [0.1, 0.15) is 0 Å². The topological polar surface area (TPSA) is 47.6 Å². The number of hydrogen-bond donors (Lipinski definition) is 1. The Kier molecular flexibility index (Phi) is 5.01. The van der Waals surface area contributed by atoms with Crippen LogP contribution in [-0.4, -0.2) is 24.7 Å². The highest BCUT2D eigenvalue weighted by Gasteiger charge is 2.14. The highest BCUT2D eigenvalue weighted by Crippen LogP contribution is 2.26. The van der Waals surface area contributed by atoms with Crippen molar-refractivity contribution >= 4 is 5.91 Å². The summed E-state index contributed by atoms with van der Waals surface area (Å²) < 4.78 is 10.9. The second-order valence-electron chi connectivity index (χ2n) is 4.97. The molecule has 0 spiro atoms. The van der Waals surface area contributed by atoms with E-state index in [4.69, 9.17) is 9.47 Å². The van der Waals surface area contributed by atoms with E-state index in [0.29, 0.717) is 18.1 Å². The molecule has 18 heavy (non-hydrogen) atoms. The number of hydrogen-bond acceptors (Lipinski definition) is 3. The molecular formula is C14H21NO3. The van der Waals surface area contributed by atoms with Gasteiger partial charge in [0.15, 0.2) is 18.1 Å². The Morgan fingerprint density at radius 3 is 2.22 bits per heavy atom. The van der Waals surface area contributed by atoms with Crippen molar-refractivity contribution in [2.24, 2.45) is 0 Å². The molecule has 0 aromatic heterocycles. The average Bonchev–Trinajstić information content (AvgIpc) is 2.26. The molecule has 0 aliphatic rings. The molecule has 0 saturated heterocycles. The summed E-state index contributed by atoms with van der Waals surface area (Å²) in [6.07, 6.45) is 0. The van der Waals surface area contributed by atoms with Crippen LogP contribution in [-0.2, 0) is 4.79 Å². The van der Waals surface area contributed by atoms with Crippen LogP contribution in [0.15, 0.2) is 24.3 Å². The maximum atomic E-state index is 11.6. The Balaban J connectivity index is 2.55. The van der Waals surface area contributed by atoms with Crippen molar-refractivity contribution in [2.75, 3.05) is 13.2 Å². The quantitative estimate of drug-likeness (QED) is 0.874. The van der Waals surface area contributed by atoms with Gasteiger partial charge in [-0.15, -0.1) is 0 Å². The molecule has 0 aliphatic heterocycles. The first-order valence-corrected chi connectivity index (χ1v) is 6.08. The molecule has 0 unspecified atom stereocenters. The van der Waals surface area contributed by atoms with E-state index in [2.05, 4.69) is 5.32 Å². The Bertz CT molecular complexity index is 396. The van der Waals surface area contributed by atoms with Crippen molar-refractivity contribution in [1.82, 2.24) is 5.32 Å². The number of carbonyl (C=O) groups is 1. The maximum absolute atomic E-state index is 11.6. The van der Waals surface area contributed by atoms with Crippen LogP contribution in [0.3, 0.4) is 0 Å². The molecule has 1 N–H and O–H groups in total. The fourth-order valence-corrected chi connectivity index (χ4v) is 1.44. The first kappa shape index (κ1) is 14.4. The van der Waals surface area contributed by atoms with Crippen molar-refractivity contribution < 1.29 is 14.3 Å². The van der Waals surface area contributed by atoms with E-state index >= 15 is 0 Å². The number of rotatable bonds is 5. The minimum atomic E-state index is -0.250. The van der Waals surface area contributed by atoms with Crippen LogP contribution < -0.4 is 14.8 Å². The summed E-state index contributed by atoms with van der Waals surface area (Å²) in [5, 5.41) is 2.84. The minimum Gasteiger partial charge on any atom is -0.490 e. The summed E-state index contributed by atoms with van der Waals surface area (Å²) in [7, 11) is 0. The van der Waals surface area contributed by atoms with E-state index in [9.17, 15) is 4.79 Å². The van der Waals surface area contributed by atoms with Crippen LogP contribution >= 0.6 is 0 Å². The highest BCUT2D eigenvalue weighted by molar-refractivity contribution is 5.78. The fraction of sp³-hybridized carbons (Fsp3) is 0.500. The summed E-state index contributed by atoms with van der Waals surface area (Å²) in [4.78, 5) is 11.6. The van der Waals surface area contributed by atoms with Gasteiger partial charge < -0.3 is 14.8 Å². The van der Waals surface area contributed by atoms with Gasteiger partial charge >= 0.3 is 0 Å². The number of benzene rings is 1. The Morgan fingerprint density at radius 1 is 1.17 bits per heavy atom. The van der Waals surface area contributed by atoms with Gasteiger partial charge in [0.2, 0.25) is 0 Å². The van der Waals surface area contributed by atoms with Gasteiger partial charge in [-0.2, -0.15) is 0 Å². The molecule has 0 fully saturated rings. The van der Waals surface area contributed by atoms with Crippen LogP contribution in [0, 0.1) is 0 Å². The summed E-state index contributed by atoms with van der Waals surface area (Å²) >= 11 is 0. The predicted octanol–water partition coefficient (Wildman–Crippen LogP) is 2.38. The van der Waals surface area contributed by atoms with Crippen LogP contribution in [0.2, 0.25) is 0 Å². The molecule has 0 atom stereocenters. The van der Waals surface area contributed by atoms with E-state index in [-0.39, 0.29) is 18.1 Å². The fourth-order valence-electron chi connectivity index (χ4n) is 1.44. The SMILES string of the molecule is CCOc1ccccc1OCC(=O)NC(C)(C)C.